The fourth-order valence-electron chi connectivity index (χ4n) is 10.8. The van der Waals surface area contributed by atoms with E-state index in [0.29, 0.717) is 11.1 Å². The Labute approximate surface area is 319 Å². The molecule has 3 bridgehead atoms. The molecule has 1 aromatic carbocycles. The van der Waals surface area contributed by atoms with Gasteiger partial charge in [0.1, 0.15) is 30.0 Å². The zero-order valence-electron chi connectivity index (χ0n) is 32.5. The van der Waals surface area contributed by atoms with Crippen LogP contribution >= 0.6 is 0 Å². The number of benzene rings is 1. The zero-order valence-corrected chi connectivity index (χ0v) is 32.5. The van der Waals surface area contributed by atoms with Gasteiger partial charge in [-0.2, -0.15) is 0 Å². The quantitative estimate of drug-likeness (QED) is 0.0500. The molecule has 10 nitrogen and oxygen atoms in total. The van der Waals surface area contributed by atoms with Crippen LogP contribution in [0.5, 0.6) is 0 Å². The molecule has 3 heterocycles. The molecular weight excluding hydrogens is 688 g/mol. The van der Waals surface area contributed by atoms with Crippen molar-refractivity contribution in [2.45, 2.75) is 164 Å². The maximum absolute atomic E-state index is 13.9. The first-order valence-corrected chi connectivity index (χ1v) is 20.5. The molecule has 1 aromatic rings. The number of ketones is 1. The number of carbonyl (C=O) groups excluding carboxylic acids is 2. The number of Topliss-reactive ketones (excluding diaryl/α,β-unsaturated/α-hetero) is 1. The predicted octanol–water partition coefficient (Wildman–Crippen LogP) is 6.50. The molecule has 3 saturated heterocycles. The van der Waals surface area contributed by atoms with Crippen LogP contribution in [-0.4, -0.2) is 80.5 Å². The average molecular weight is 749 g/mol. The fourth-order valence-corrected chi connectivity index (χ4v) is 10.8. The number of unbranched alkanes of at least 4 members (excludes halogenated alkanes) is 12. The van der Waals surface area contributed by atoms with E-state index in [1.807, 2.05) is 31.2 Å². The highest BCUT2D eigenvalue weighted by molar-refractivity contribution is 6.05. The number of ether oxygens (including phenoxy) is 5. The number of hydrogen-bond acceptors (Lipinski definition) is 10. The molecule has 296 valence electrons. The van der Waals surface area contributed by atoms with Crippen molar-refractivity contribution in [2.75, 3.05) is 6.61 Å². The van der Waals surface area contributed by atoms with Crippen molar-refractivity contribution >= 4 is 11.8 Å². The Bertz CT molecular complexity index is 1640. The molecule has 0 radical (unpaired) electrons. The Kier molecular flexibility index (Phi) is 11.0. The molecule has 5 fully saturated rings. The number of fused-ring (bicyclic) bond motifs is 3. The van der Waals surface area contributed by atoms with Crippen LogP contribution in [0.1, 0.15) is 117 Å². The monoisotopic (exact) mass is 748 g/mol. The second-order valence-corrected chi connectivity index (χ2v) is 16.9. The van der Waals surface area contributed by atoms with Crippen LogP contribution in [0.3, 0.4) is 0 Å². The van der Waals surface area contributed by atoms with Gasteiger partial charge in [-0.1, -0.05) is 134 Å². The lowest BCUT2D eigenvalue weighted by Crippen LogP contribution is -2.76. The van der Waals surface area contributed by atoms with E-state index in [1.54, 1.807) is 32.1 Å². The van der Waals surface area contributed by atoms with E-state index in [-0.39, 0.29) is 5.57 Å². The number of esters is 1. The first kappa shape index (κ1) is 39.5. The van der Waals surface area contributed by atoms with Gasteiger partial charge in [0.2, 0.25) is 0 Å². The van der Waals surface area contributed by atoms with Crippen molar-refractivity contribution in [3.05, 3.63) is 71.8 Å². The van der Waals surface area contributed by atoms with Crippen LogP contribution in [0.15, 0.2) is 66.3 Å². The van der Waals surface area contributed by atoms with Gasteiger partial charge in [0.25, 0.3) is 0 Å². The summed E-state index contributed by atoms with van der Waals surface area (Å²) in [6.07, 6.45) is 16.2. The van der Waals surface area contributed by atoms with Gasteiger partial charge in [0.05, 0.1) is 12.2 Å². The summed E-state index contributed by atoms with van der Waals surface area (Å²) in [7, 11) is 0. The second kappa shape index (κ2) is 15.0. The Morgan fingerprint density at radius 1 is 0.944 bits per heavy atom. The molecule has 6 aliphatic rings. The third kappa shape index (κ3) is 5.84. The molecule has 12 atom stereocenters. The van der Waals surface area contributed by atoms with E-state index in [0.717, 1.165) is 19.3 Å². The van der Waals surface area contributed by atoms with E-state index in [4.69, 9.17) is 23.7 Å². The minimum absolute atomic E-state index is 0.247. The largest absolute Gasteiger partial charge is 0.455 e. The van der Waals surface area contributed by atoms with Gasteiger partial charge >= 0.3 is 11.9 Å². The second-order valence-electron chi connectivity index (χ2n) is 16.9. The Morgan fingerprint density at radius 2 is 1.57 bits per heavy atom. The number of carbonyl (C=O) groups is 2. The molecule has 54 heavy (non-hydrogen) atoms. The zero-order chi connectivity index (χ0) is 38.5. The molecule has 3 N–H and O–H groups in total. The molecule has 10 heteroatoms. The third-order valence-electron chi connectivity index (χ3n) is 13.6. The van der Waals surface area contributed by atoms with Crippen LogP contribution in [-0.2, 0) is 39.2 Å². The number of allylic oxidation sites excluding steroid dienone is 1. The molecule has 0 spiro atoms. The number of aliphatic hydroxyl groups is 3. The number of rotatable bonds is 18. The summed E-state index contributed by atoms with van der Waals surface area (Å²) in [5.74, 6) is -5.75. The minimum Gasteiger partial charge on any atom is -0.455 e. The van der Waals surface area contributed by atoms with E-state index in [1.165, 1.54) is 70.3 Å². The van der Waals surface area contributed by atoms with Gasteiger partial charge in [0, 0.05) is 29.4 Å². The summed E-state index contributed by atoms with van der Waals surface area (Å²) in [6, 6.07) is 9.11. The number of aliphatic hydroxyl groups excluding tert-OH is 2. The highest BCUT2D eigenvalue weighted by atomic mass is 16.9. The maximum atomic E-state index is 13.9. The standard InChI is InChI=1S/C44H60O10/c1-6-7-8-9-10-11-12-13-14-15-16-17-18-22-25-33(46)50-36-30(5)43-32-26-29(4)35(47)41(32,49)39(48)40(27-45)37(51-40)34(43)38-42(36,28(2)3)53-44(52-38,54-43)31-23-20-19-21-24-31/h19-26,30,32,34,36-39,45,48-49H,2,6-18,27H2,1,3-5H3/b25-22+/t30-,32-,34+,36-,37+,38-,39-,40+,41-,42+,43+,44-/m1/s1. The van der Waals surface area contributed by atoms with E-state index < -0.39 is 88.9 Å². The van der Waals surface area contributed by atoms with Crippen LogP contribution in [0, 0.1) is 17.8 Å². The minimum atomic E-state index is -2.41. The molecule has 3 aliphatic carbocycles. The van der Waals surface area contributed by atoms with Gasteiger partial charge in [-0.25, -0.2) is 4.79 Å². The Morgan fingerprint density at radius 3 is 2.19 bits per heavy atom. The summed E-state index contributed by atoms with van der Waals surface area (Å²) in [5.41, 5.74) is -5.77. The van der Waals surface area contributed by atoms with Gasteiger partial charge in [-0.05, 0) is 37.8 Å². The summed E-state index contributed by atoms with van der Waals surface area (Å²) in [4.78, 5) is 27.7. The molecular formula is C44H60O10. The van der Waals surface area contributed by atoms with E-state index >= 15 is 0 Å². The molecule has 0 unspecified atom stereocenters. The lowest BCUT2D eigenvalue weighted by atomic mass is 9.53. The summed E-state index contributed by atoms with van der Waals surface area (Å²) >= 11 is 0. The summed E-state index contributed by atoms with van der Waals surface area (Å²) in [6.45, 7) is 11.2. The predicted molar refractivity (Wildman–Crippen MR) is 201 cm³/mol. The first-order valence-electron chi connectivity index (χ1n) is 20.5. The van der Waals surface area contributed by atoms with Gasteiger partial charge in [0.15, 0.2) is 17.0 Å². The highest BCUT2D eigenvalue weighted by Gasteiger charge is 2.90. The Balaban J connectivity index is 1.13. The average Bonchev–Trinajstić information content (AvgIpc) is 3.79. The van der Waals surface area contributed by atoms with Crippen molar-refractivity contribution in [3.8, 4) is 0 Å². The molecule has 0 aromatic heterocycles. The maximum Gasteiger partial charge on any atom is 0.330 e. The third-order valence-corrected chi connectivity index (χ3v) is 13.6. The van der Waals surface area contributed by atoms with Crippen LogP contribution in [0.2, 0.25) is 0 Å². The van der Waals surface area contributed by atoms with Crippen molar-refractivity contribution < 1.29 is 48.6 Å². The smallest absolute Gasteiger partial charge is 0.330 e. The fraction of sp³-hybridized carbons (Fsp3) is 0.682. The van der Waals surface area contributed by atoms with E-state index in [2.05, 4.69) is 13.5 Å². The topological polar surface area (TPSA) is 144 Å². The molecule has 0 amide bonds. The normalized spacial score (nSPS) is 41.3. The lowest BCUT2D eigenvalue weighted by Gasteiger charge is -2.61. The highest BCUT2D eigenvalue weighted by Crippen LogP contribution is 2.74. The first-order chi connectivity index (χ1) is 25.9. The van der Waals surface area contributed by atoms with Crippen molar-refractivity contribution in [1.29, 1.82) is 0 Å². The van der Waals surface area contributed by atoms with Crippen LogP contribution < -0.4 is 0 Å². The SMILES string of the molecule is C=C(C)[C@@]12O[C@@]3(c4ccccc4)O[C@@H]1[C@@H]1[C@@H]4O[C@]4(CO)[C@@H](O)[C@]4(O)C(=O)C(C)=C[C@H]4[C@@]1(O3)[C@H](C)[C@H]2OC(=O)/C=C/CCCCCCCCCCCCCC. The summed E-state index contributed by atoms with van der Waals surface area (Å²) < 4.78 is 33.7. The van der Waals surface area contributed by atoms with Gasteiger partial charge in [-0.15, -0.1) is 0 Å². The number of epoxide rings is 1. The van der Waals surface area contributed by atoms with Crippen molar-refractivity contribution in [2.24, 2.45) is 17.8 Å². The molecule has 3 aliphatic heterocycles. The molecule has 7 rings (SSSR count). The lowest BCUT2D eigenvalue weighted by molar-refractivity contribution is -0.440. The van der Waals surface area contributed by atoms with Crippen LogP contribution in [0.25, 0.3) is 0 Å². The van der Waals surface area contributed by atoms with Crippen molar-refractivity contribution in [1.82, 2.24) is 0 Å². The Hall–Kier alpha value is -2.70. The van der Waals surface area contributed by atoms with E-state index in [9.17, 15) is 24.9 Å². The van der Waals surface area contributed by atoms with Gasteiger partial charge < -0.3 is 39.0 Å². The summed E-state index contributed by atoms with van der Waals surface area (Å²) in [5, 5.41) is 35.1. The van der Waals surface area contributed by atoms with Crippen LogP contribution in [0.4, 0.5) is 0 Å². The molecule has 2 saturated carbocycles. The van der Waals surface area contributed by atoms with Crippen molar-refractivity contribution in [3.63, 3.8) is 0 Å². The van der Waals surface area contributed by atoms with Gasteiger partial charge in [-0.3, -0.25) is 4.79 Å². The number of hydrogen-bond donors (Lipinski definition) is 3.